The number of anilines is 1. The lowest BCUT2D eigenvalue weighted by atomic mass is 10.1. The first-order valence-corrected chi connectivity index (χ1v) is 8.49. The molecule has 0 unspecified atom stereocenters. The van der Waals surface area contributed by atoms with Crippen LogP contribution in [0.15, 0.2) is 51.0 Å². The van der Waals surface area contributed by atoms with Crippen molar-refractivity contribution in [2.75, 3.05) is 5.32 Å². The van der Waals surface area contributed by atoms with Crippen molar-refractivity contribution < 1.29 is 9.21 Å². The largest absolute Gasteiger partial charge is 0.438 e. The zero-order chi connectivity index (χ0) is 17.1. The number of carbonyl (C=O) groups is 1. The van der Waals surface area contributed by atoms with Crippen LogP contribution < -0.4 is 11.1 Å². The van der Waals surface area contributed by atoms with Gasteiger partial charge in [0.05, 0.1) is 4.88 Å². The highest BCUT2D eigenvalue weighted by Gasteiger charge is 2.21. The molecule has 0 aliphatic rings. The number of carbonyl (C=O) groups excluding carboxylic acids is 1. The fourth-order valence-electron chi connectivity index (χ4n) is 2.21. The standard InChI is InChI=1S/C17H17N3O3S/c1-3-12-6-8-13(9-7-12)18-15(21)11(2)20-17(22)23-16(19-20)14-5-4-10-24-14/h4-11H,3H2,1-2H3,(H,18,21)/t11-/m1/s1. The van der Waals surface area contributed by atoms with Gasteiger partial charge in [0, 0.05) is 5.69 Å². The number of rotatable bonds is 5. The minimum absolute atomic E-state index is 0.224. The normalized spacial score (nSPS) is 12.1. The fraction of sp³-hybridized carbons (Fsp3) is 0.235. The first kappa shape index (κ1) is 16.2. The number of nitrogens with zero attached hydrogens (tertiary/aromatic N) is 2. The topological polar surface area (TPSA) is 77.1 Å². The molecule has 0 saturated heterocycles. The minimum Gasteiger partial charge on any atom is -0.387 e. The van der Waals surface area contributed by atoms with Crippen LogP contribution in [0.2, 0.25) is 0 Å². The van der Waals surface area contributed by atoms with E-state index in [2.05, 4.69) is 17.3 Å². The Kier molecular flexibility index (Phi) is 4.61. The third-order valence-corrected chi connectivity index (χ3v) is 4.54. The van der Waals surface area contributed by atoms with Crippen LogP contribution in [0, 0.1) is 0 Å². The molecular weight excluding hydrogens is 326 g/mol. The van der Waals surface area contributed by atoms with E-state index < -0.39 is 11.8 Å². The van der Waals surface area contributed by atoms with Gasteiger partial charge < -0.3 is 9.73 Å². The summed E-state index contributed by atoms with van der Waals surface area (Å²) >= 11 is 1.42. The Morgan fingerprint density at radius 1 is 1.33 bits per heavy atom. The highest BCUT2D eigenvalue weighted by atomic mass is 32.1. The van der Waals surface area contributed by atoms with Gasteiger partial charge >= 0.3 is 5.76 Å². The van der Waals surface area contributed by atoms with E-state index in [0.717, 1.165) is 16.0 Å². The van der Waals surface area contributed by atoms with Crippen LogP contribution in [0.5, 0.6) is 0 Å². The molecule has 0 spiro atoms. The molecule has 7 heteroatoms. The molecule has 1 atom stereocenters. The molecule has 0 aliphatic heterocycles. The second-order valence-corrected chi connectivity index (χ2v) is 6.26. The van der Waals surface area contributed by atoms with Gasteiger partial charge in [-0.3, -0.25) is 4.79 Å². The Labute approximate surface area is 142 Å². The summed E-state index contributed by atoms with van der Waals surface area (Å²) in [5, 5.41) is 8.78. The van der Waals surface area contributed by atoms with Crippen LogP contribution in [-0.2, 0) is 11.2 Å². The zero-order valence-corrected chi connectivity index (χ0v) is 14.2. The lowest BCUT2D eigenvalue weighted by Crippen LogP contribution is -2.30. The summed E-state index contributed by atoms with van der Waals surface area (Å²) in [7, 11) is 0. The van der Waals surface area contributed by atoms with Crippen LogP contribution in [-0.4, -0.2) is 15.7 Å². The van der Waals surface area contributed by atoms with Crippen molar-refractivity contribution in [3.05, 3.63) is 57.9 Å². The first-order valence-electron chi connectivity index (χ1n) is 7.62. The van der Waals surface area contributed by atoms with Crippen molar-refractivity contribution in [2.24, 2.45) is 0 Å². The number of benzene rings is 1. The number of aromatic nitrogens is 2. The quantitative estimate of drug-likeness (QED) is 0.771. The zero-order valence-electron chi connectivity index (χ0n) is 13.4. The number of nitrogens with one attached hydrogen (secondary N) is 1. The average molecular weight is 343 g/mol. The Balaban J connectivity index is 1.77. The van der Waals surface area contributed by atoms with Crippen LogP contribution in [0.25, 0.3) is 10.8 Å². The lowest BCUT2D eigenvalue weighted by Gasteiger charge is -2.11. The van der Waals surface area contributed by atoms with E-state index in [1.165, 1.54) is 16.9 Å². The summed E-state index contributed by atoms with van der Waals surface area (Å²) in [5.74, 6) is -0.753. The predicted molar refractivity (Wildman–Crippen MR) is 93.2 cm³/mol. The summed E-state index contributed by atoms with van der Waals surface area (Å²) in [6, 6.07) is 10.5. The molecule has 2 aromatic heterocycles. The van der Waals surface area contributed by atoms with E-state index in [1.54, 1.807) is 13.0 Å². The minimum atomic E-state index is -0.777. The second kappa shape index (κ2) is 6.84. The molecule has 0 bridgehead atoms. The second-order valence-electron chi connectivity index (χ2n) is 5.31. The molecule has 0 saturated carbocycles. The molecular formula is C17H17N3O3S. The number of amides is 1. The number of thiophene rings is 1. The van der Waals surface area contributed by atoms with Crippen molar-refractivity contribution in [3.63, 3.8) is 0 Å². The number of hydrogen-bond donors (Lipinski definition) is 1. The van der Waals surface area contributed by atoms with E-state index >= 15 is 0 Å². The Morgan fingerprint density at radius 3 is 2.71 bits per heavy atom. The highest BCUT2D eigenvalue weighted by Crippen LogP contribution is 2.22. The van der Waals surface area contributed by atoms with Gasteiger partial charge in [-0.05, 0) is 42.5 Å². The van der Waals surface area contributed by atoms with Crippen LogP contribution in [0.3, 0.4) is 0 Å². The van der Waals surface area contributed by atoms with Gasteiger partial charge in [0.15, 0.2) is 0 Å². The average Bonchev–Trinajstić information content (AvgIpc) is 3.24. The van der Waals surface area contributed by atoms with Gasteiger partial charge in [0.2, 0.25) is 5.91 Å². The third kappa shape index (κ3) is 3.30. The molecule has 1 amide bonds. The third-order valence-electron chi connectivity index (χ3n) is 3.68. The molecule has 1 N–H and O–H groups in total. The number of aryl methyl sites for hydroxylation is 1. The fourth-order valence-corrected chi connectivity index (χ4v) is 2.86. The molecule has 3 rings (SSSR count). The Bertz CT molecular complexity index is 879. The first-order chi connectivity index (χ1) is 11.6. The van der Waals surface area contributed by atoms with Crippen LogP contribution >= 0.6 is 11.3 Å². The maximum atomic E-state index is 12.4. The van der Waals surface area contributed by atoms with Gasteiger partial charge in [-0.15, -0.1) is 16.4 Å². The number of hydrogen-bond acceptors (Lipinski definition) is 5. The van der Waals surface area contributed by atoms with Crippen LogP contribution in [0.4, 0.5) is 5.69 Å². The van der Waals surface area contributed by atoms with E-state index in [1.807, 2.05) is 35.7 Å². The van der Waals surface area contributed by atoms with Gasteiger partial charge in [-0.2, -0.15) is 4.68 Å². The van der Waals surface area contributed by atoms with Crippen molar-refractivity contribution >= 4 is 22.9 Å². The summed E-state index contributed by atoms with van der Waals surface area (Å²) in [5.41, 5.74) is 1.87. The monoisotopic (exact) mass is 343 g/mol. The maximum absolute atomic E-state index is 12.4. The summed E-state index contributed by atoms with van der Waals surface area (Å²) in [4.78, 5) is 25.1. The van der Waals surface area contributed by atoms with E-state index in [-0.39, 0.29) is 11.8 Å². The van der Waals surface area contributed by atoms with E-state index in [4.69, 9.17) is 4.42 Å². The Morgan fingerprint density at radius 2 is 2.08 bits per heavy atom. The Hall–Kier alpha value is -2.67. The lowest BCUT2D eigenvalue weighted by molar-refractivity contribution is -0.119. The van der Waals surface area contributed by atoms with Crippen molar-refractivity contribution in [2.45, 2.75) is 26.3 Å². The van der Waals surface area contributed by atoms with Crippen LogP contribution in [0.1, 0.15) is 25.5 Å². The summed E-state index contributed by atoms with van der Waals surface area (Å²) in [6.07, 6.45) is 0.935. The molecule has 1 aromatic carbocycles. The maximum Gasteiger partial charge on any atom is 0.438 e. The SMILES string of the molecule is CCc1ccc(NC(=O)[C@@H](C)n2nc(-c3cccs3)oc2=O)cc1. The highest BCUT2D eigenvalue weighted by molar-refractivity contribution is 7.13. The molecule has 2 heterocycles. The molecule has 0 radical (unpaired) electrons. The summed E-state index contributed by atoms with van der Waals surface area (Å²) < 4.78 is 6.20. The molecule has 0 aliphatic carbocycles. The van der Waals surface area contributed by atoms with Crippen molar-refractivity contribution in [1.29, 1.82) is 0 Å². The smallest absolute Gasteiger partial charge is 0.387 e. The van der Waals surface area contributed by atoms with Gasteiger partial charge in [0.1, 0.15) is 6.04 Å². The van der Waals surface area contributed by atoms with E-state index in [0.29, 0.717) is 5.69 Å². The summed E-state index contributed by atoms with van der Waals surface area (Å²) in [6.45, 7) is 3.68. The molecule has 124 valence electrons. The van der Waals surface area contributed by atoms with Gasteiger partial charge in [-0.1, -0.05) is 25.1 Å². The van der Waals surface area contributed by atoms with Crippen molar-refractivity contribution in [1.82, 2.24) is 9.78 Å². The molecule has 3 aromatic rings. The molecule has 0 fully saturated rings. The van der Waals surface area contributed by atoms with Gasteiger partial charge in [-0.25, -0.2) is 4.79 Å². The molecule has 6 nitrogen and oxygen atoms in total. The van der Waals surface area contributed by atoms with Gasteiger partial charge in [0.25, 0.3) is 5.89 Å². The predicted octanol–water partition coefficient (Wildman–Crippen LogP) is 3.33. The molecule has 24 heavy (non-hydrogen) atoms. The van der Waals surface area contributed by atoms with Crippen molar-refractivity contribution in [3.8, 4) is 10.8 Å². The van der Waals surface area contributed by atoms with E-state index in [9.17, 15) is 9.59 Å².